The fourth-order valence-corrected chi connectivity index (χ4v) is 4.08. The number of carbonyl (C=O) groups is 3. The number of aryl methyl sites for hydroxylation is 1. The van der Waals surface area contributed by atoms with Gasteiger partial charge in [-0.05, 0) is 56.1 Å². The Morgan fingerprint density at radius 2 is 2.04 bits per heavy atom. The molecule has 6 heteroatoms. The molecule has 25 heavy (non-hydrogen) atoms. The molecule has 0 aromatic heterocycles. The molecule has 2 atom stereocenters. The van der Waals surface area contributed by atoms with Gasteiger partial charge < -0.3 is 10.6 Å². The minimum Gasteiger partial charge on any atom is -0.348 e. The molecule has 6 nitrogen and oxygen atoms in total. The highest BCUT2D eigenvalue weighted by Gasteiger charge is 2.56. The number of amides is 4. The highest BCUT2D eigenvalue weighted by atomic mass is 16.2. The van der Waals surface area contributed by atoms with Crippen molar-refractivity contribution >= 4 is 17.8 Å². The molecule has 1 aromatic carbocycles. The number of imide groups is 1. The number of carbonyl (C=O) groups excluding carboxylic acids is 3. The number of nitrogens with zero attached hydrogens (tertiary/aromatic N) is 1. The van der Waals surface area contributed by atoms with Crippen LogP contribution in [0.1, 0.15) is 49.8 Å². The Balaban J connectivity index is 1.43. The molecule has 1 saturated carbocycles. The van der Waals surface area contributed by atoms with Crippen molar-refractivity contribution in [1.29, 1.82) is 0 Å². The topological polar surface area (TPSA) is 78.5 Å². The maximum Gasteiger partial charge on any atom is 0.325 e. The minimum atomic E-state index is -0.838. The molecule has 1 heterocycles. The summed E-state index contributed by atoms with van der Waals surface area (Å²) in [7, 11) is 0. The Morgan fingerprint density at radius 1 is 1.28 bits per heavy atom. The van der Waals surface area contributed by atoms with Crippen molar-refractivity contribution in [3.05, 3.63) is 35.4 Å². The summed E-state index contributed by atoms with van der Waals surface area (Å²) in [5, 5.41) is 5.78. The largest absolute Gasteiger partial charge is 0.348 e. The van der Waals surface area contributed by atoms with Crippen molar-refractivity contribution in [2.45, 2.75) is 50.6 Å². The summed E-state index contributed by atoms with van der Waals surface area (Å²) >= 11 is 0. The number of fused-ring (bicyclic) bond motifs is 1. The van der Waals surface area contributed by atoms with E-state index < -0.39 is 11.6 Å². The highest BCUT2D eigenvalue weighted by Crippen LogP contribution is 2.42. The highest BCUT2D eigenvalue weighted by molar-refractivity contribution is 6.09. The van der Waals surface area contributed by atoms with Crippen LogP contribution in [0.15, 0.2) is 24.3 Å². The van der Waals surface area contributed by atoms with Gasteiger partial charge in [-0.1, -0.05) is 24.3 Å². The van der Waals surface area contributed by atoms with Gasteiger partial charge in [0.2, 0.25) is 5.91 Å². The first-order chi connectivity index (χ1) is 12.0. The molecule has 4 rings (SSSR count). The molecule has 1 aromatic rings. The average molecular weight is 341 g/mol. The number of urea groups is 1. The van der Waals surface area contributed by atoms with Crippen LogP contribution in [0.25, 0.3) is 0 Å². The summed E-state index contributed by atoms with van der Waals surface area (Å²) in [4.78, 5) is 38.3. The Labute approximate surface area is 147 Å². The van der Waals surface area contributed by atoms with Gasteiger partial charge in [0.15, 0.2) is 0 Å². The van der Waals surface area contributed by atoms with Gasteiger partial charge in [0.05, 0.1) is 6.04 Å². The maximum atomic E-state index is 12.6. The fraction of sp³-hybridized carbons (Fsp3) is 0.526. The first-order valence-corrected chi connectivity index (χ1v) is 9.00. The summed E-state index contributed by atoms with van der Waals surface area (Å²) in [5.74, 6) is -0.369. The number of nitrogens with one attached hydrogen (secondary N) is 2. The Kier molecular flexibility index (Phi) is 3.78. The standard InChI is InChI=1S/C19H23N3O3/c1-19(13-9-10-13)17(24)22(18(25)21-19)11-16(23)20-15-8-4-6-12-5-2-3-7-14(12)15/h2-3,5,7,13,15H,4,6,8-11H2,1H3,(H,20,23)(H,21,25)/t15-,19+/m0/s1. The quantitative estimate of drug-likeness (QED) is 0.821. The second kappa shape index (κ2) is 5.86. The summed E-state index contributed by atoms with van der Waals surface area (Å²) in [6, 6.07) is 7.60. The second-order valence-electron chi connectivity index (χ2n) is 7.51. The van der Waals surface area contributed by atoms with Crippen molar-refractivity contribution in [2.24, 2.45) is 5.92 Å². The first-order valence-electron chi connectivity index (χ1n) is 9.00. The van der Waals surface area contributed by atoms with E-state index in [1.807, 2.05) is 18.2 Å². The zero-order valence-electron chi connectivity index (χ0n) is 14.4. The molecule has 3 aliphatic rings. The maximum absolute atomic E-state index is 12.6. The van der Waals surface area contributed by atoms with Gasteiger partial charge >= 0.3 is 6.03 Å². The summed E-state index contributed by atoms with van der Waals surface area (Å²) in [5.41, 5.74) is 1.56. The van der Waals surface area contributed by atoms with Gasteiger partial charge in [-0.2, -0.15) is 0 Å². The van der Waals surface area contributed by atoms with Gasteiger partial charge in [-0.3, -0.25) is 14.5 Å². The molecular formula is C19H23N3O3. The lowest BCUT2D eigenvalue weighted by Crippen LogP contribution is -2.47. The van der Waals surface area contributed by atoms with Crippen molar-refractivity contribution in [1.82, 2.24) is 15.5 Å². The van der Waals surface area contributed by atoms with Crippen LogP contribution < -0.4 is 10.6 Å². The molecule has 132 valence electrons. The molecule has 0 unspecified atom stereocenters. The average Bonchev–Trinajstić information content (AvgIpc) is 3.42. The van der Waals surface area contributed by atoms with Crippen LogP contribution in [-0.2, 0) is 16.0 Å². The van der Waals surface area contributed by atoms with E-state index in [9.17, 15) is 14.4 Å². The lowest BCUT2D eigenvalue weighted by atomic mass is 9.88. The molecule has 4 amide bonds. The van der Waals surface area contributed by atoms with Gasteiger partial charge in [0.1, 0.15) is 12.1 Å². The van der Waals surface area contributed by atoms with E-state index in [0.29, 0.717) is 0 Å². The summed E-state index contributed by atoms with van der Waals surface area (Å²) in [6.45, 7) is 1.55. The molecular weight excluding hydrogens is 318 g/mol. The Hall–Kier alpha value is -2.37. The van der Waals surface area contributed by atoms with Crippen LogP contribution in [0.5, 0.6) is 0 Å². The van der Waals surface area contributed by atoms with Gasteiger partial charge in [-0.25, -0.2) is 4.79 Å². The summed E-state index contributed by atoms with van der Waals surface area (Å²) < 4.78 is 0. The zero-order valence-corrected chi connectivity index (χ0v) is 14.4. The molecule has 0 radical (unpaired) electrons. The predicted octanol–water partition coefficient (Wildman–Crippen LogP) is 1.90. The van der Waals surface area contributed by atoms with Gasteiger partial charge in [0, 0.05) is 0 Å². The van der Waals surface area contributed by atoms with E-state index in [2.05, 4.69) is 16.7 Å². The van der Waals surface area contributed by atoms with Crippen molar-refractivity contribution in [3.8, 4) is 0 Å². The van der Waals surface area contributed by atoms with E-state index in [1.54, 1.807) is 6.92 Å². The van der Waals surface area contributed by atoms with Crippen molar-refractivity contribution in [2.75, 3.05) is 6.54 Å². The van der Waals surface area contributed by atoms with E-state index in [0.717, 1.165) is 42.6 Å². The van der Waals surface area contributed by atoms with Crippen molar-refractivity contribution in [3.63, 3.8) is 0 Å². The Morgan fingerprint density at radius 3 is 2.80 bits per heavy atom. The third-order valence-corrected chi connectivity index (χ3v) is 5.70. The fourth-order valence-electron chi connectivity index (χ4n) is 4.08. The third-order valence-electron chi connectivity index (χ3n) is 5.70. The number of hydrogen-bond acceptors (Lipinski definition) is 3. The minimum absolute atomic E-state index is 0.0481. The van der Waals surface area contributed by atoms with Gasteiger partial charge in [-0.15, -0.1) is 0 Å². The van der Waals surface area contributed by atoms with Crippen LogP contribution in [0.4, 0.5) is 4.79 Å². The number of hydrogen-bond donors (Lipinski definition) is 2. The zero-order chi connectivity index (χ0) is 17.6. The van der Waals surface area contributed by atoms with Crippen LogP contribution >= 0.6 is 0 Å². The smallest absolute Gasteiger partial charge is 0.325 e. The number of rotatable bonds is 4. The predicted molar refractivity (Wildman–Crippen MR) is 91.6 cm³/mol. The SMILES string of the molecule is C[C@]1(C2CC2)NC(=O)N(CC(=O)N[C@H]2CCCc3ccccc32)C1=O. The lowest BCUT2D eigenvalue weighted by Gasteiger charge is -2.27. The second-order valence-corrected chi connectivity index (χ2v) is 7.51. The molecule has 0 bridgehead atoms. The summed E-state index contributed by atoms with van der Waals surface area (Å²) in [6.07, 6.45) is 4.81. The molecule has 2 N–H and O–H groups in total. The molecule has 1 aliphatic heterocycles. The monoisotopic (exact) mass is 341 g/mol. The molecule has 1 saturated heterocycles. The van der Waals surface area contributed by atoms with Crippen LogP contribution in [0.3, 0.4) is 0 Å². The van der Waals surface area contributed by atoms with Crippen molar-refractivity contribution < 1.29 is 14.4 Å². The molecule has 2 fully saturated rings. The normalized spacial score (nSPS) is 28.5. The van der Waals surface area contributed by atoms with E-state index in [4.69, 9.17) is 0 Å². The lowest BCUT2D eigenvalue weighted by molar-refractivity contribution is -0.135. The Bertz CT molecular complexity index is 743. The van der Waals surface area contributed by atoms with Crippen LogP contribution in [-0.4, -0.2) is 34.8 Å². The third kappa shape index (κ3) is 2.79. The molecule has 0 spiro atoms. The number of benzene rings is 1. The van der Waals surface area contributed by atoms with E-state index >= 15 is 0 Å². The van der Waals surface area contributed by atoms with Crippen LogP contribution in [0, 0.1) is 5.92 Å². The first kappa shape index (κ1) is 16.1. The van der Waals surface area contributed by atoms with Crippen LogP contribution in [0.2, 0.25) is 0 Å². The van der Waals surface area contributed by atoms with Gasteiger partial charge in [0.25, 0.3) is 5.91 Å². The van der Waals surface area contributed by atoms with E-state index in [1.165, 1.54) is 5.56 Å². The van der Waals surface area contributed by atoms with E-state index in [-0.39, 0.29) is 30.3 Å². The molecule has 2 aliphatic carbocycles.